The maximum Gasteiger partial charge on any atom is 0.233 e. The zero-order valence-corrected chi connectivity index (χ0v) is 18.5. The minimum absolute atomic E-state index is 0.0517. The van der Waals surface area contributed by atoms with Gasteiger partial charge < -0.3 is 20.9 Å². The first-order valence-electron chi connectivity index (χ1n) is 11.4. The van der Waals surface area contributed by atoms with E-state index in [0.29, 0.717) is 29.7 Å². The first kappa shape index (κ1) is 21.1. The molecule has 33 heavy (non-hydrogen) atoms. The predicted molar refractivity (Wildman–Crippen MR) is 129 cm³/mol. The second-order valence-electron chi connectivity index (χ2n) is 8.40. The molecule has 9 nitrogen and oxygen atoms in total. The summed E-state index contributed by atoms with van der Waals surface area (Å²) in [4.78, 5) is 23.7. The number of carbonyl (C=O) groups is 1. The van der Waals surface area contributed by atoms with Crippen LogP contribution in [0.3, 0.4) is 0 Å². The van der Waals surface area contributed by atoms with Crippen LogP contribution in [0.4, 0.5) is 17.6 Å². The number of anilines is 3. The van der Waals surface area contributed by atoms with Crippen molar-refractivity contribution in [3.05, 3.63) is 59.9 Å². The molecule has 0 atom stereocenters. The fourth-order valence-electron chi connectivity index (χ4n) is 4.21. The first-order valence-corrected chi connectivity index (χ1v) is 11.4. The zero-order valence-electron chi connectivity index (χ0n) is 18.5. The summed E-state index contributed by atoms with van der Waals surface area (Å²) in [6, 6.07) is 9.85. The van der Waals surface area contributed by atoms with Crippen LogP contribution in [0.25, 0.3) is 11.7 Å². The lowest BCUT2D eigenvalue weighted by molar-refractivity contribution is -0.118. The monoisotopic (exact) mass is 444 g/mol. The molecule has 0 unspecified atom stereocenters. The second-order valence-corrected chi connectivity index (χ2v) is 8.40. The van der Waals surface area contributed by atoms with Crippen LogP contribution in [0.2, 0.25) is 0 Å². The van der Waals surface area contributed by atoms with Gasteiger partial charge in [0, 0.05) is 23.5 Å². The maximum absolute atomic E-state index is 11.7. The number of aromatic nitrogens is 4. The predicted octanol–water partition coefficient (Wildman–Crippen LogP) is 3.18. The number of likely N-dealkylation sites (tertiary alicyclic amines) is 1. The smallest absolute Gasteiger partial charge is 0.233 e. The van der Waals surface area contributed by atoms with Crippen LogP contribution in [0, 0.1) is 0 Å². The fraction of sp³-hybridized carbons (Fsp3) is 0.333. The summed E-state index contributed by atoms with van der Waals surface area (Å²) in [6.07, 6.45) is 7.58. The molecular weight excluding hydrogens is 416 g/mol. The van der Waals surface area contributed by atoms with Crippen molar-refractivity contribution in [2.24, 2.45) is 0 Å². The van der Waals surface area contributed by atoms with Gasteiger partial charge in [-0.2, -0.15) is 19.6 Å². The van der Waals surface area contributed by atoms with E-state index in [1.165, 1.54) is 25.9 Å². The van der Waals surface area contributed by atoms with E-state index in [-0.39, 0.29) is 5.91 Å². The van der Waals surface area contributed by atoms with Gasteiger partial charge in [-0.1, -0.05) is 24.8 Å². The highest BCUT2D eigenvalue weighted by Gasteiger charge is 2.20. The van der Waals surface area contributed by atoms with Gasteiger partial charge in [-0.3, -0.25) is 4.79 Å². The van der Waals surface area contributed by atoms with E-state index in [2.05, 4.69) is 37.5 Å². The number of amides is 1. The van der Waals surface area contributed by atoms with E-state index < -0.39 is 0 Å². The van der Waals surface area contributed by atoms with Crippen molar-refractivity contribution >= 4 is 35.2 Å². The van der Waals surface area contributed by atoms with Crippen molar-refractivity contribution in [3.8, 4) is 0 Å². The van der Waals surface area contributed by atoms with Gasteiger partial charge in [0.25, 0.3) is 0 Å². The van der Waals surface area contributed by atoms with Gasteiger partial charge in [0.2, 0.25) is 17.8 Å². The summed E-state index contributed by atoms with van der Waals surface area (Å²) in [5.41, 5.74) is 3.83. The topological polar surface area (TPSA) is 99.5 Å². The van der Waals surface area contributed by atoms with E-state index in [4.69, 9.17) is 4.98 Å². The Hall–Kier alpha value is -3.72. The van der Waals surface area contributed by atoms with Crippen LogP contribution in [0.15, 0.2) is 54.4 Å². The van der Waals surface area contributed by atoms with Crippen molar-refractivity contribution in [1.29, 1.82) is 0 Å². The highest BCUT2D eigenvalue weighted by Crippen LogP contribution is 2.25. The van der Waals surface area contributed by atoms with Crippen LogP contribution in [-0.2, 0) is 4.79 Å². The molecule has 2 aliphatic rings. The second kappa shape index (κ2) is 9.41. The first-order chi connectivity index (χ1) is 16.2. The molecule has 2 fully saturated rings. The Labute approximate surface area is 192 Å². The molecule has 0 aliphatic carbocycles. The number of nitrogens with zero attached hydrogens (tertiary/aromatic N) is 5. The molecule has 2 aromatic heterocycles. The minimum atomic E-state index is -0.0517. The summed E-state index contributed by atoms with van der Waals surface area (Å²) in [7, 11) is 0. The summed E-state index contributed by atoms with van der Waals surface area (Å²) < 4.78 is 1.68. The SMILES string of the molecule is C=C1NC(=O)C/C1=C\c1cnn2c(Nc3ccccc3)nc(NCCCN3CCCC3)nc12. The lowest BCUT2D eigenvalue weighted by atomic mass is 10.1. The van der Waals surface area contributed by atoms with Gasteiger partial charge in [0.05, 0.1) is 12.6 Å². The number of hydrogen-bond acceptors (Lipinski definition) is 7. The number of allylic oxidation sites excluding steroid dienone is 1. The number of rotatable bonds is 8. The number of nitrogens with one attached hydrogen (secondary N) is 3. The maximum atomic E-state index is 11.7. The van der Waals surface area contributed by atoms with Crippen molar-refractivity contribution < 1.29 is 4.79 Å². The molecule has 5 rings (SSSR count). The Bertz CT molecular complexity index is 1190. The average molecular weight is 445 g/mol. The molecule has 1 aromatic carbocycles. The Balaban J connectivity index is 1.42. The minimum Gasteiger partial charge on any atom is -0.354 e. The van der Waals surface area contributed by atoms with Crippen LogP contribution in [0.5, 0.6) is 0 Å². The van der Waals surface area contributed by atoms with Crippen molar-refractivity contribution in [3.63, 3.8) is 0 Å². The summed E-state index contributed by atoms with van der Waals surface area (Å²) in [6.45, 7) is 8.20. The highest BCUT2D eigenvalue weighted by molar-refractivity contribution is 5.89. The molecular formula is C24H28N8O. The van der Waals surface area contributed by atoms with E-state index in [9.17, 15) is 4.79 Å². The van der Waals surface area contributed by atoms with Crippen molar-refractivity contribution in [1.82, 2.24) is 29.8 Å². The van der Waals surface area contributed by atoms with Gasteiger partial charge >= 0.3 is 0 Å². The zero-order chi connectivity index (χ0) is 22.6. The van der Waals surface area contributed by atoms with E-state index >= 15 is 0 Å². The number of fused-ring (bicyclic) bond motifs is 1. The normalized spacial score (nSPS) is 17.8. The standard InChI is InChI=1S/C24H28N8O/c1-17-18(15-21(33)27-17)14-19-16-26-32-22(19)29-23(25-10-7-13-31-11-5-6-12-31)30-24(32)28-20-8-3-2-4-9-20/h2-4,8-9,14,16H,1,5-7,10-13,15H2,(H,27,33)(H2,25,28,29,30)/b18-14+. The van der Waals surface area contributed by atoms with Gasteiger partial charge in [-0.25, -0.2) is 0 Å². The molecule has 4 heterocycles. The Morgan fingerprint density at radius 2 is 1.97 bits per heavy atom. The van der Waals surface area contributed by atoms with Crippen LogP contribution in [-0.4, -0.2) is 56.6 Å². The molecule has 2 saturated heterocycles. The van der Waals surface area contributed by atoms with Crippen LogP contribution in [0.1, 0.15) is 31.2 Å². The molecule has 0 bridgehead atoms. The number of carbonyl (C=O) groups excluding carboxylic acids is 1. The Kier molecular flexibility index (Phi) is 6.03. The third-order valence-corrected chi connectivity index (χ3v) is 5.92. The van der Waals surface area contributed by atoms with Gasteiger partial charge in [-0.15, -0.1) is 0 Å². The van der Waals surface area contributed by atoms with Crippen molar-refractivity contribution in [2.45, 2.75) is 25.7 Å². The number of para-hydroxylation sites is 1. The average Bonchev–Trinajstić information content (AvgIpc) is 3.54. The largest absolute Gasteiger partial charge is 0.354 e. The molecule has 1 amide bonds. The van der Waals surface area contributed by atoms with E-state index in [1.807, 2.05) is 36.4 Å². The van der Waals surface area contributed by atoms with E-state index in [1.54, 1.807) is 10.7 Å². The third-order valence-electron chi connectivity index (χ3n) is 5.92. The molecule has 170 valence electrons. The quantitative estimate of drug-likeness (QED) is 0.459. The summed E-state index contributed by atoms with van der Waals surface area (Å²) in [5, 5.41) is 14.0. The Morgan fingerprint density at radius 3 is 2.73 bits per heavy atom. The summed E-state index contributed by atoms with van der Waals surface area (Å²) >= 11 is 0. The van der Waals surface area contributed by atoms with E-state index in [0.717, 1.165) is 36.3 Å². The molecule has 9 heteroatoms. The van der Waals surface area contributed by atoms with Crippen LogP contribution >= 0.6 is 0 Å². The van der Waals surface area contributed by atoms with Gasteiger partial charge in [-0.05, 0) is 62.7 Å². The molecule has 0 saturated carbocycles. The molecule has 2 aliphatic heterocycles. The van der Waals surface area contributed by atoms with Crippen LogP contribution < -0.4 is 16.0 Å². The summed E-state index contributed by atoms with van der Waals surface area (Å²) in [5.74, 6) is 1.06. The lowest BCUT2D eigenvalue weighted by Gasteiger charge is -2.15. The van der Waals surface area contributed by atoms with Gasteiger partial charge in [0.1, 0.15) is 0 Å². The molecule has 0 spiro atoms. The third kappa shape index (κ3) is 4.88. The number of hydrogen-bond donors (Lipinski definition) is 3. The number of benzene rings is 1. The molecule has 0 radical (unpaired) electrons. The highest BCUT2D eigenvalue weighted by atomic mass is 16.1. The lowest BCUT2D eigenvalue weighted by Crippen LogP contribution is -2.22. The molecule has 3 N–H and O–H groups in total. The Morgan fingerprint density at radius 1 is 1.15 bits per heavy atom. The fourth-order valence-corrected chi connectivity index (χ4v) is 4.21. The van der Waals surface area contributed by atoms with Gasteiger partial charge in [0.15, 0.2) is 5.65 Å². The molecule has 3 aromatic rings. The van der Waals surface area contributed by atoms with Crippen molar-refractivity contribution in [2.75, 3.05) is 36.8 Å².